The third-order valence-electron chi connectivity index (χ3n) is 7.45. The molecule has 12 nitrogen and oxygen atoms in total. The first-order valence-corrected chi connectivity index (χ1v) is 13.8. The summed E-state index contributed by atoms with van der Waals surface area (Å²) in [6, 6.07) is 14.8. The average Bonchev–Trinajstić information content (AvgIpc) is 3.84. The number of hydrogen-bond donors (Lipinski definition) is 2. The van der Waals surface area contributed by atoms with E-state index in [1.807, 2.05) is 18.2 Å². The van der Waals surface area contributed by atoms with Gasteiger partial charge in [0.05, 0.1) is 6.20 Å². The highest BCUT2D eigenvalue weighted by Crippen LogP contribution is 2.29. The van der Waals surface area contributed by atoms with E-state index in [0.29, 0.717) is 54.7 Å². The molecule has 218 valence electrons. The Morgan fingerprint density at radius 1 is 0.977 bits per heavy atom. The van der Waals surface area contributed by atoms with Crippen LogP contribution in [-0.2, 0) is 14.4 Å². The van der Waals surface area contributed by atoms with Crippen LogP contribution in [0.25, 0.3) is 22.8 Å². The van der Waals surface area contributed by atoms with Crippen LogP contribution in [0.15, 0.2) is 81.9 Å². The first-order chi connectivity index (χ1) is 20.9. The molecule has 4 heterocycles. The summed E-state index contributed by atoms with van der Waals surface area (Å²) in [5.74, 6) is 0.761. The Labute approximate surface area is 246 Å². The highest BCUT2D eigenvalue weighted by molar-refractivity contribution is 5.99. The maximum absolute atomic E-state index is 13.0. The summed E-state index contributed by atoms with van der Waals surface area (Å²) in [6.45, 7) is 2.54. The number of hydrogen-bond acceptors (Lipinski definition) is 9. The number of carbonyl (C=O) groups excluding carboxylic acids is 4. The van der Waals surface area contributed by atoms with Crippen molar-refractivity contribution in [1.29, 1.82) is 0 Å². The van der Waals surface area contributed by atoms with Gasteiger partial charge in [-0.3, -0.25) is 19.2 Å². The van der Waals surface area contributed by atoms with Gasteiger partial charge in [0.1, 0.15) is 17.8 Å². The van der Waals surface area contributed by atoms with Crippen molar-refractivity contribution >= 4 is 41.3 Å². The third kappa shape index (κ3) is 5.80. The van der Waals surface area contributed by atoms with Gasteiger partial charge in [-0.05, 0) is 61.4 Å². The minimum atomic E-state index is -0.612. The predicted molar refractivity (Wildman–Crippen MR) is 157 cm³/mol. The van der Waals surface area contributed by atoms with Gasteiger partial charge < -0.3 is 29.4 Å². The SMILES string of the molecule is CC(=O)N1CCC[C@H]1C(=O)Nc1ccc(-c2cnc(-c3ccc(NC(=O)[C@@H]4C=CCN4c4cc(C=O)no4)cc3)o2)cc1. The molecule has 2 atom stereocenters. The van der Waals surface area contributed by atoms with E-state index in [1.54, 1.807) is 58.5 Å². The first kappa shape index (κ1) is 27.6. The highest BCUT2D eigenvalue weighted by Gasteiger charge is 2.32. The summed E-state index contributed by atoms with van der Waals surface area (Å²) in [7, 11) is 0. The standard InChI is InChI=1S/C31H28N6O6/c1-19(39)36-14-2-4-25(36)29(40)33-22-10-6-20(7-11-22)27-17-32-31(42-27)21-8-12-23(13-9-21)34-30(41)26-5-3-15-37(26)28-16-24(18-38)35-43-28/h3,5-13,16-18,25-26H,2,4,14-15H2,1H3,(H,33,40)(H,34,41)/t25-,26-/m0/s1. The van der Waals surface area contributed by atoms with Crippen LogP contribution in [0.1, 0.15) is 30.3 Å². The lowest BCUT2D eigenvalue weighted by Gasteiger charge is -2.22. The molecule has 0 unspecified atom stereocenters. The van der Waals surface area contributed by atoms with Crippen LogP contribution < -0.4 is 15.5 Å². The summed E-state index contributed by atoms with van der Waals surface area (Å²) < 4.78 is 11.2. The average molecular weight is 581 g/mol. The normalized spacial score (nSPS) is 17.7. The van der Waals surface area contributed by atoms with E-state index >= 15 is 0 Å². The second-order valence-electron chi connectivity index (χ2n) is 10.3. The second-order valence-corrected chi connectivity index (χ2v) is 10.3. The fraction of sp³-hybridized carbons (Fsp3) is 0.226. The van der Waals surface area contributed by atoms with Gasteiger partial charge in [-0.25, -0.2) is 4.98 Å². The Kier molecular flexibility index (Phi) is 7.56. The van der Waals surface area contributed by atoms with Crippen LogP contribution in [0.5, 0.6) is 0 Å². The molecule has 2 aromatic heterocycles. The Bertz CT molecular complexity index is 1690. The summed E-state index contributed by atoms with van der Waals surface area (Å²) in [5.41, 5.74) is 2.89. The lowest BCUT2D eigenvalue weighted by molar-refractivity contribution is -0.134. The Hall–Kier alpha value is -5.52. The van der Waals surface area contributed by atoms with Crippen LogP contribution in [0.3, 0.4) is 0 Å². The molecule has 0 saturated carbocycles. The zero-order valence-corrected chi connectivity index (χ0v) is 23.2. The molecule has 0 spiro atoms. The zero-order chi connectivity index (χ0) is 29.9. The smallest absolute Gasteiger partial charge is 0.251 e. The van der Waals surface area contributed by atoms with Gasteiger partial charge in [0.25, 0.3) is 5.91 Å². The number of carbonyl (C=O) groups is 4. The van der Waals surface area contributed by atoms with E-state index in [-0.39, 0.29) is 23.4 Å². The molecule has 2 aromatic carbocycles. The van der Waals surface area contributed by atoms with Crippen molar-refractivity contribution in [2.45, 2.75) is 31.8 Å². The lowest BCUT2D eigenvalue weighted by Crippen LogP contribution is -2.42. The Morgan fingerprint density at radius 2 is 1.67 bits per heavy atom. The molecule has 0 radical (unpaired) electrons. The Balaban J connectivity index is 1.07. The molecule has 43 heavy (non-hydrogen) atoms. The maximum Gasteiger partial charge on any atom is 0.251 e. The quantitative estimate of drug-likeness (QED) is 0.231. The number of amides is 3. The van der Waals surface area contributed by atoms with Crippen molar-refractivity contribution < 1.29 is 28.1 Å². The van der Waals surface area contributed by atoms with E-state index in [1.165, 1.54) is 13.0 Å². The summed E-state index contributed by atoms with van der Waals surface area (Å²) in [5, 5.41) is 9.45. The van der Waals surface area contributed by atoms with E-state index in [0.717, 1.165) is 17.5 Å². The number of oxazole rings is 1. The van der Waals surface area contributed by atoms with Crippen LogP contribution in [-0.4, -0.2) is 64.2 Å². The van der Waals surface area contributed by atoms with E-state index in [4.69, 9.17) is 8.94 Å². The molecular weight excluding hydrogens is 552 g/mol. The van der Waals surface area contributed by atoms with E-state index < -0.39 is 12.1 Å². The topological polar surface area (TPSA) is 151 Å². The molecule has 0 aliphatic carbocycles. The highest BCUT2D eigenvalue weighted by atomic mass is 16.5. The molecule has 2 aliphatic rings. The molecule has 12 heteroatoms. The van der Waals surface area contributed by atoms with E-state index in [2.05, 4.69) is 20.8 Å². The molecule has 2 N–H and O–H groups in total. The van der Waals surface area contributed by atoms with Crippen LogP contribution >= 0.6 is 0 Å². The molecule has 3 amide bonds. The van der Waals surface area contributed by atoms with Crippen molar-refractivity contribution in [3.05, 3.63) is 78.6 Å². The molecular formula is C31H28N6O6. The summed E-state index contributed by atoms with van der Waals surface area (Å²) in [6.07, 6.45) is 7.29. The first-order valence-electron chi connectivity index (χ1n) is 13.8. The molecule has 1 fully saturated rings. The third-order valence-corrected chi connectivity index (χ3v) is 7.45. The van der Waals surface area contributed by atoms with Crippen LogP contribution in [0.2, 0.25) is 0 Å². The van der Waals surface area contributed by atoms with Crippen molar-refractivity contribution in [3.8, 4) is 22.8 Å². The fourth-order valence-corrected chi connectivity index (χ4v) is 5.26. The number of nitrogens with zero attached hydrogens (tertiary/aromatic N) is 4. The Morgan fingerprint density at radius 3 is 2.35 bits per heavy atom. The summed E-state index contributed by atoms with van der Waals surface area (Å²) in [4.78, 5) is 56.1. The number of rotatable bonds is 8. The molecule has 2 aliphatic heterocycles. The van der Waals surface area contributed by atoms with Crippen LogP contribution in [0.4, 0.5) is 17.3 Å². The van der Waals surface area contributed by atoms with Crippen molar-refractivity contribution in [3.63, 3.8) is 0 Å². The van der Waals surface area contributed by atoms with Gasteiger partial charge >= 0.3 is 0 Å². The zero-order valence-electron chi connectivity index (χ0n) is 23.2. The van der Waals surface area contributed by atoms with Gasteiger partial charge in [-0.15, -0.1) is 0 Å². The van der Waals surface area contributed by atoms with Crippen molar-refractivity contribution in [2.24, 2.45) is 0 Å². The van der Waals surface area contributed by atoms with Crippen molar-refractivity contribution in [1.82, 2.24) is 15.0 Å². The minimum absolute atomic E-state index is 0.0961. The van der Waals surface area contributed by atoms with Gasteiger partial charge in [0, 0.05) is 48.6 Å². The number of benzene rings is 2. The molecule has 1 saturated heterocycles. The lowest BCUT2D eigenvalue weighted by atomic mass is 10.1. The fourth-order valence-electron chi connectivity index (χ4n) is 5.26. The number of nitrogens with one attached hydrogen (secondary N) is 2. The van der Waals surface area contributed by atoms with E-state index in [9.17, 15) is 19.2 Å². The second kappa shape index (κ2) is 11.8. The largest absolute Gasteiger partial charge is 0.436 e. The van der Waals surface area contributed by atoms with Gasteiger partial charge in [-0.2, -0.15) is 0 Å². The molecule has 6 rings (SSSR count). The van der Waals surface area contributed by atoms with Gasteiger partial charge in [-0.1, -0.05) is 17.3 Å². The maximum atomic E-state index is 13.0. The number of aldehydes is 1. The van der Waals surface area contributed by atoms with Gasteiger partial charge in [0.15, 0.2) is 12.0 Å². The molecule has 0 bridgehead atoms. The van der Waals surface area contributed by atoms with Gasteiger partial charge in [0.2, 0.25) is 23.6 Å². The number of likely N-dealkylation sites (tertiary alicyclic amines) is 1. The molecule has 4 aromatic rings. The number of anilines is 3. The monoisotopic (exact) mass is 580 g/mol. The summed E-state index contributed by atoms with van der Waals surface area (Å²) >= 11 is 0. The number of aromatic nitrogens is 2. The predicted octanol–water partition coefficient (Wildman–Crippen LogP) is 4.14. The van der Waals surface area contributed by atoms with Crippen LogP contribution in [0, 0.1) is 0 Å². The minimum Gasteiger partial charge on any atom is -0.436 e. The van der Waals surface area contributed by atoms with Crippen molar-refractivity contribution in [2.75, 3.05) is 28.6 Å².